The molecule has 0 saturated heterocycles. The number of hydrogen-bond acceptors (Lipinski definition) is 1. The first-order valence-corrected chi connectivity index (χ1v) is 8.28. The molecule has 0 bridgehead atoms. The monoisotopic (exact) mass is 329 g/mol. The first-order chi connectivity index (χ1) is 10.8. The predicted octanol–water partition coefficient (Wildman–Crippen LogP) is 5.06. The van der Waals surface area contributed by atoms with Gasteiger partial charge in [0, 0.05) is 5.02 Å². The van der Waals surface area contributed by atoms with Crippen LogP contribution in [0.25, 0.3) is 0 Å². The Bertz CT molecular complexity index is 654. The fourth-order valence-corrected chi connectivity index (χ4v) is 2.56. The highest BCUT2D eigenvalue weighted by Gasteiger charge is 2.15. The van der Waals surface area contributed by atoms with Gasteiger partial charge in [0.05, 0.1) is 12.5 Å². The smallest absolute Gasteiger partial charge is 0.224 e. The molecule has 0 radical (unpaired) electrons. The quantitative estimate of drug-likeness (QED) is 0.834. The average Bonchev–Trinajstić information content (AvgIpc) is 2.49. The van der Waals surface area contributed by atoms with E-state index < -0.39 is 0 Å². The molecule has 1 atom stereocenters. The van der Waals surface area contributed by atoms with E-state index in [1.165, 1.54) is 5.56 Å². The van der Waals surface area contributed by atoms with E-state index in [0.29, 0.717) is 11.4 Å². The lowest BCUT2D eigenvalue weighted by atomic mass is 9.86. The van der Waals surface area contributed by atoms with E-state index in [9.17, 15) is 4.79 Å². The van der Waals surface area contributed by atoms with E-state index in [1.807, 2.05) is 19.1 Å². The van der Waals surface area contributed by atoms with Crippen molar-refractivity contribution in [3.63, 3.8) is 0 Å². The fraction of sp³-hybridized carbons (Fsp3) is 0.350. The summed E-state index contributed by atoms with van der Waals surface area (Å²) in [5.74, 6) is 0.0136. The van der Waals surface area contributed by atoms with Gasteiger partial charge in [-0.3, -0.25) is 4.79 Å². The maximum atomic E-state index is 12.2. The standard InChI is InChI=1S/C20H24ClNO/c1-14(16-7-9-17(10-8-16)20(2,3)4)22-19(23)13-15-5-11-18(21)12-6-15/h5-12,14H,13H2,1-4H3,(H,22,23)/t14-/m1/s1. The van der Waals surface area contributed by atoms with Crippen LogP contribution in [0.3, 0.4) is 0 Å². The summed E-state index contributed by atoms with van der Waals surface area (Å²) in [5.41, 5.74) is 3.50. The van der Waals surface area contributed by atoms with Gasteiger partial charge in [0.2, 0.25) is 5.91 Å². The van der Waals surface area contributed by atoms with Crippen molar-refractivity contribution in [1.29, 1.82) is 0 Å². The average molecular weight is 330 g/mol. The van der Waals surface area contributed by atoms with Gasteiger partial charge in [0.25, 0.3) is 0 Å². The van der Waals surface area contributed by atoms with Crippen molar-refractivity contribution in [3.05, 3.63) is 70.2 Å². The van der Waals surface area contributed by atoms with E-state index >= 15 is 0 Å². The minimum atomic E-state index is -0.0104. The minimum absolute atomic E-state index is 0.0104. The summed E-state index contributed by atoms with van der Waals surface area (Å²) in [6, 6.07) is 15.8. The molecule has 3 heteroatoms. The lowest BCUT2D eigenvalue weighted by Gasteiger charge is -2.20. The largest absolute Gasteiger partial charge is 0.349 e. The summed E-state index contributed by atoms with van der Waals surface area (Å²) in [4.78, 5) is 12.2. The van der Waals surface area contributed by atoms with Crippen LogP contribution < -0.4 is 5.32 Å². The third-order valence-electron chi connectivity index (χ3n) is 3.93. The Hall–Kier alpha value is -1.80. The van der Waals surface area contributed by atoms with Gasteiger partial charge in [0.1, 0.15) is 0 Å². The number of benzene rings is 2. The van der Waals surface area contributed by atoms with Crippen molar-refractivity contribution in [2.24, 2.45) is 0 Å². The Morgan fingerprint density at radius 3 is 2.13 bits per heavy atom. The summed E-state index contributed by atoms with van der Waals surface area (Å²) in [5, 5.41) is 3.73. The van der Waals surface area contributed by atoms with Gasteiger partial charge >= 0.3 is 0 Å². The molecule has 0 unspecified atom stereocenters. The third-order valence-corrected chi connectivity index (χ3v) is 4.18. The molecule has 0 spiro atoms. The molecule has 0 fully saturated rings. The maximum Gasteiger partial charge on any atom is 0.224 e. The van der Waals surface area contributed by atoms with Gasteiger partial charge in [-0.05, 0) is 41.2 Å². The fourth-order valence-electron chi connectivity index (χ4n) is 2.44. The van der Waals surface area contributed by atoms with Gasteiger partial charge in [-0.2, -0.15) is 0 Å². The highest BCUT2D eigenvalue weighted by Crippen LogP contribution is 2.24. The summed E-state index contributed by atoms with van der Waals surface area (Å²) >= 11 is 5.86. The van der Waals surface area contributed by atoms with E-state index in [-0.39, 0.29) is 17.4 Å². The van der Waals surface area contributed by atoms with Crippen LogP contribution in [0.15, 0.2) is 48.5 Å². The molecule has 0 saturated carbocycles. The van der Waals surface area contributed by atoms with Crippen LogP contribution in [0.4, 0.5) is 0 Å². The van der Waals surface area contributed by atoms with Crippen LogP contribution in [0.2, 0.25) is 5.02 Å². The zero-order valence-corrected chi connectivity index (χ0v) is 14.9. The number of hydrogen-bond donors (Lipinski definition) is 1. The molecule has 23 heavy (non-hydrogen) atoms. The topological polar surface area (TPSA) is 29.1 Å². The number of rotatable bonds is 4. The normalized spacial score (nSPS) is 12.7. The van der Waals surface area contributed by atoms with Gasteiger partial charge in [0.15, 0.2) is 0 Å². The number of amides is 1. The Kier molecular flexibility index (Phi) is 5.48. The molecule has 0 aliphatic carbocycles. The predicted molar refractivity (Wildman–Crippen MR) is 96.9 cm³/mol. The molecule has 0 aromatic heterocycles. The lowest BCUT2D eigenvalue weighted by Crippen LogP contribution is -2.28. The Labute approximate surface area is 143 Å². The number of nitrogens with one attached hydrogen (secondary N) is 1. The Morgan fingerprint density at radius 1 is 1.04 bits per heavy atom. The van der Waals surface area contributed by atoms with Gasteiger partial charge in [-0.15, -0.1) is 0 Å². The van der Waals surface area contributed by atoms with Crippen molar-refractivity contribution in [2.75, 3.05) is 0 Å². The molecular formula is C20H24ClNO. The van der Waals surface area contributed by atoms with Crippen LogP contribution in [-0.2, 0) is 16.6 Å². The molecule has 1 N–H and O–H groups in total. The minimum Gasteiger partial charge on any atom is -0.349 e. The molecule has 2 aromatic rings. The number of halogens is 1. The zero-order valence-electron chi connectivity index (χ0n) is 14.2. The third kappa shape index (κ3) is 5.11. The van der Waals surface area contributed by atoms with Crippen LogP contribution in [0, 0.1) is 0 Å². The van der Waals surface area contributed by atoms with Crippen LogP contribution in [-0.4, -0.2) is 5.91 Å². The summed E-state index contributed by atoms with van der Waals surface area (Å²) in [6.45, 7) is 8.59. The molecule has 0 aliphatic heterocycles. The lowest BCUT2D eigenvalue weighted by molar-refractivity contribution is -0.121. The van der Waals surface area contributed by atoms with Crippen molar-refractivity contribution in [2.45, 2.75) is 45.6 Å². The van der Waals surface area contributed by atoms with E-state index in [0.717, 1.165) is 11.1 Å². The van der Waals surface area contributed by atoms with E-state index in [2.05, 4.69) is 50.4 Å². The van der Waals surface area contributed by atoms with E-state index in [1.54, 1.807) is 12.1 Å². The van der Waals surface area contributed by atoms with Crippen LogP contribution in [0.5, 0.6) is 0 Å². The second-order valence-electron chi connectivity index (χ2n) is 6.96. The highest BCUT2D eigenvalue weighted by molar-refractivity contribution is 6.30. The molecule has 2 aromatic carbocycles. The molecular weight excluding hydrogens is 306 g/mol. The second-order valence-corrected chi connectivity index (χ2v) is 7.40. The van der Waals surface area contributed by atoms with Gasteiger partial charge in [-0.25, -0.2) is 0 Å². The van der Waals surface area contributed by atoms with Crippen molar-refractivity contribution < 1.29 is 4.79 Å². The van der Waals surface area contributed by atoms with Crippen molar-refractivity contribution in [3.8, 4) is 0 Å². The summed E-state index contributed by atoms with van der Waals surface area (Å²) in [6.07, 6.45) is 0.363. The number of carbonyl (C=O) groups is 1. The first-order valence-electron chi connectivity index (χ1n) is 7.90. The van der Waals surface area contributed by atoms with Crippen LogP contribution >= 0.6 is 11.6 Å². The summed E-state index contributed by atoms with van der Waals surface area (Å²) < 4.78 is 0. The molecule has 122 valence electrons. The van der Waals surface area contributed by atoms with Gasteiger partial charge < -0.3 is 5.32 Å². The Morgan fingerprint density at radius 2 is 1.61 bits per heavy atom. The molecule has 0 heterocycles. The van der Waals surface area contributed by atoms with E-state index in [4.69, 9.17) is 11.6 Å². The van der Waals surface area contributed by atoms with Gasteiger partial charge in [-0.1, -0.05) is 68.8 Å². The summed E-state index contributed by atoms with van der Waals surface area (Å²) in [7, 11) is 0. The van der Waals surface area contributed by atoms with Crippen molar-refractivity contribution in [1.82, 2.24) is 5.32 Å². The van der Waals surface area contributed by atoms with Crippen LogP contribution in [0.1, 0.15) is 50.4 Å². The Balaban J connectivity index is 1.96. The SMILES string of the molecule is C[C@@H](NC(=O)Cc1ccc(Cl)cc1)c1ccc(C(C)(C)C)cc1. The molecule has 1 amide bonds. The van der Waals surface area contributed by atoms with Crippen molar-refractivity contribution >= 4 is 17.5 Å². The molecule has 2 rings (SSSR count). The first kappa shape index (κ1) is 17.6. The zero-order chi connectivity index (χ0) is 17.0. The maximum absolute atomic E-state index is 12.2. The number of carbonyl (C=O) groups excluding carboxylic acids is 1. The highest BCUT2D eigenvalue weighted by atomic mass is 35.5. The molecule has 0 aliphatic rings. The second kappa shape index (κ2) is 7.18. The molecule has 2 nitrogen and oxygen atoms in total.